The Morgan fingerprint density at radius 2 is 1.54 bits per heavy atom. The van der Waals surface area contributed by atoms with E-state index in [-0.39, 0.29) is 30.5 Å². The molecular weight excluding hydrogens is 494 g/mol. The molecule has 1 saturated heterocycles. The fourth-order valence-corrected chi connectivity index (χ4v) is 11.9. The van der Waals surface area contributed by atoms with Crippen LogP contribution >= 0.6 is 0 Å². The lowest BCUT2D eigenvalue weighted by Crippen LogP contribution is -2.60. The van der Waals surface area contributed by atoms with Crippen LogP contribution in [0.1, 0.15) is 79.6 Å². The Hall–Kier alpha value is -1.19. The zero-order valence-corrected chi connectivity index (χ0v) is 23.6. The van der Waals surface area contributed by atoms with Gasteiger partial charge in [0.2, 0.25) is 0 Å². The SMILES string of the molecule is CCC1(OC(=O)C2C3CC4C(OS(=O)(=O)C42)C3OC(=O)CN(C(C)C)C(C)C)C2CC3CC(C2)CC1C3. The molecule has 6 bridgehead atoms. The van der Waals surface area contributed by atoms with E-state index in [1.807, 2.05) is 32.6 Å². The Kier molecular flexibility index (Phi) is 6.28. The van der Waals surface area contributed by atoms with Crippen molar-refractivity contribution in [2.75, 3.05) is 6.54 Å². The van der Waals surface area contributed by atoms with Crippen LogP contribution in [0.4, 0.5) is 0 Å². The summed E-state index contributed by atoms with van der Waals surface area (Å²) in [4.78, 5) is 29.0. The molecule has 0 radical (unpaired) electrons. The van der Waals surface area contributed by atoms with Gasteiger partial charge in [-0.05, 0) is 96.3 Å². The number of nitrogens with zero attached hydrogens (tertiary/aromatic N) is 1. The number of carbonyl (C=O) groups excluding carboxylic acids is 2. The maximum atomic E-state index is 14.0. The molecule has 7 fully saturated rings. The summed E-state index contributed by atoms with van der Waals surface area (Å²) in [5, 5.41) is -0.890. The van der Waals surface area contributed by atoms with Crippen molar-refractivity contribution in [3.8, 4) is 0 Å². The fourth-order valence-electron chi connectivity index (χ4n) is 9.81. The first-order valence-electron chi connectivity index (χ1n) is 14.5. The minimum Gasteiger partial charge on any atom is -0.458 e. The fraction of sp³-hybridized carbons (Fsp3) is 0.929. The number of esters is 2. The van der Waals surface area contributed by atoms with Gasteiger partial charge in [-0.2, -0.15) is 8.42 Å². The maximum absolute atomic E-state index is 14.0. The number of fused-ring (bicyclic) bond motifs is 1. The average molecular weight is 538 g/mol. The smallest absolute Gasteiger partial charge is 0.320 e. The van der Waals surface area contributed by atoms with Crippen LogP contribution in [0.2, 0.25) is 0 Å². The van der Waals surface area contributed by atoms with Gasteiger partial charge in [0.1, 0.15) is 23.1 Å². The lowest BCUT2D eigenvalue weighted by molar-refractivity contribution is -0.217. The zero-order valence-electron chi connectivity index (χ0n) is 22.8. The molecule has 1 heterocycles. The first kappa shape index (κ1) is 26.1. The molecule has 6 atom stereocenters. The lowest BCUT2D eigenvalue weighted by Gasteiger charge is -2.60. The molecular formula is C28H43NO7S. The lowest BCUT2D eigenvalue weighted by atomic mass is 9.49. The zero-order chi connectivity index (χ0) is 26.4. The Morgan fingerprint density at radius 1 is 0.946 bits per heavy atom. The second-order valence-corrected chi connectivity index (χ2v) is 15.2. The summed E-state index contributed by atoms with van der Waals surface area (Å²) in [6.45, 7) is 10.3. The summed E-state index contributed by atoms with van der Waals surface area (Å²) in [6, 6.07) is 0.322. The second-order valence-electron chi connectivity index (χ2n) is 13.5. The number of carbonyl (C=O) groups is 2. The molecule has 0 spiro atoms. The molecule has 6 aliphatic carbocycles. The van der Waals surface area contributed by atoms with Gasteiger partial charge in [0.25, 0.3) is 10.1 Å². The Balaban J connectivity index is 1.23. The molecule has 6 saturated carbocycles. The number of hydrogen-bond donors (Lipinski definition) is 0. The maximum Gasteiger partial charge on any atom is 0.320 e. The number of rotatable bonds is 8. The van der Waals surface area contributed by atoms with Gasteiger partial charge in [-0.25, -0.2) is 0 Å². The predicted octanol–water partition coefficient (Wildman–Crippen LogP) is 3.53. The predicted molar refractivity (Wildman–Crippen MR) is 136 cm³/mol. The van der Waals surface area contributed by atoms with E-state index in [4.69, 9.17) is 13.7 Å². The van der Waals surface area contributed by atoms with E-state index in [1.165, 1.54) is 6.42 Å². The van der Waals surface area contributed by atoms with Crippen LogP contribution in [0.3, 0.4) is 0 Å². The van der Waals surface area contributed by atoms with Crippen LogP contribution in [-0.2, 0) is 33.4 Å². The van der Waals surface area contributed by atoms with Crippen molar-refractivity contribution in [3.63, 3.8) is 0 Å². The first-order chi connectivity index (χ1) is 17.4. The van der Waals surface area contributed by atoms with Crippen molar-refractivity contribution in [1.29, 1.82) is 0 Å². The third kappa shape index (κ3) is 3.92. The molecule has 1 aliphatic heterocycles. The summed E-state index contributed by atoms with van der Waals surface area (Å²) >= 11 is 0. The third-order valence-electron chi connectivity index (χ3n) is 11.1. The molecule has 0 aromatic carbocycles. The van der Waals surface area contributed by atoms with Crippen LogP contribution in [0.25, 0.3) is 0 Å². The summed E-state index contributed by atoms with van der Waals surface area (Å²) in [5.74, 6) is -0.133. The molecule has 0 aromatic heterocycles. The van der Waals surface area contributed by atoms with Gasteiger partial charge in [0, 0.05) is 23.9 Å². The molecule has 8 nitrogen and oxygen atoms in total. The number of hydrogen-bond acceptors (Lipinski definition) is 8. The van der Waals surface area contributed by atoms with Crippen LogP contribution in [0, 0.1) is 41.4 Å². The standard InChI is InChI=1S/C28H43NO7S/c1-6-28(18-8-16-7-17(10-18)11-19(28)9-16)35-27(31)23-20-12-21-25(36-37(32,33)26(21)23)24(20)34-22(30)13-29(14(2)3)15(4)5/h14-21,23-26H,6-13H2,1-5H3. The van der Waals surface area contributed by atoms with E-state index < -0.39 is 51.0 Å². The Morgan fingerprint density at radius 3 is 2.08 bits per heavy atom. The number of ether oxygens (including phenoxy) is 2. The van der Waals surface area contributed by atoms with Crippen molar-refractivity contribution in [2.24, 2.45) is 41.4 Å². The Labute approximate surface area is 221 Å². The van der Waals surface area contributed by atoms with Crippen LogP contribution in [-0.4, -0.2) is 66.9 Å². The molecule has 7 rings (SSSR count). The van der Waals surface area contributed by atoms with Gasteiger partial charge < -0.3 is 9.47 Å². The monoisotopic (exact) mass is 537 g/mol. The van der Waals surface area contributed by atoms with E-state index in [1.54, 1.807) is 0 Å². The van der Waals surface area contributed by atoms with Crippen molar-refractivity contribution in [2.45, 2.75) is 115 Å². The molecule has 9 heteroatoms. The second kappa shape index (κ2) is 8.91. The first-order valence-corrected chi connectivity index (χ1v) is 16.0. The van der Waals surface area contributed by atoms with E-state index in [9.17, 15) is 18.0 Å². The highest BCUT2D eigenvalue weighted by atomic mass is 32.2. The normalized spacial score (nSPS) is 46.4. The van der Waals surface area contributed by atoms with Crippen LogP contribution in [0.15, 0.2) is 0 Å². The van der Waals surface area contributed by atoms with Gasteiger partial charge in [-0.15, -0.1) is 0 Å². The molecule has 0 N–H and O–H groups in total. The largest absolute Gasteiger partial charge is 0.458 e. The van der Waals surface area contributed by atoms with E-state index in [0.717, 1.165) is 43.9 Å². The summed E-state index contributed by atoms with van der Waals surface area (Å²) in [5.41, 5.74) is -0.490. The van der Waals surface area contributed by atoms with Gasteiger partial charge >= 0.3 is 11.9 Å². The third-order valence-corrected chi connectivity index (χ3v) is 12.9. The molecule has 0 amide bonds. The van der Waals surface area contributed by atoms with Crippen molar-refractivity contribution in [1.82, 2.24) is 4.90 Å². The molecule has 37 heavy (non-hydrogen) atoms. The highest BCUT2D eigenvalue weighted by Gasteiger charge is 2.72. The van der Waals surface area contributed by atoms with Crippen molar-refractivity contribution in [3.05, 3.63) is 0 Å². The summed E-state index contributed by atoms with van der Waals surface area (Å²) in [6.07, 6.45) is 5.61. The van der Waals surface area contributed by atoms with Gasteiger partial charge in [-0.3, -0.25) is 18.7 Å². The molecule has 6 unspecified atom stereocenters. The van der Waals surface area contributed by atoms with E-state index in [2.05, 4.69) is 6.92 Å². The molecule has 7 aliphatic rings. The summed E-state index contributed by atoms with van der Waals surface area (Å²) < 4.78 is 44.2. The van der Waals surface area contributed by atoms with Gasteiger partial charge in [-0.1, -0.05) is 6.92 Å². The highest BCUT2D eigenvalue weighted by Crippen LogP contribution is 2.63. The minimum absolute atomic E-state index is 0.117. The van der Waals surface area contributed by atoms with Crippen molar-refractivity contribution >= 4 is 22.1 Å². The molecule has 208 valence electrons. The highest BCUT2D eigenvalue weighted by molar-refractivity contribution is 7.87. The van der Waals surface area contributed by atoms with E-state index in [0.29, 0.717) is 18.3 Å². The Bertz CT molecular complexity index is 1020. The summed E-state index contributed by atoms with van der Waals surface area (Å²) in [7, 11) is -3.93. The quantitative estimate of drug-likeness (QED) is 0.343. The van der Waals surface area contributed by atoms with Gasteiger partial charge in [0.15, 0.2) is 0 Å². The van der Waals surface area contributed by atoms with E-state index >= 15 is 0 Å². The topological polar surface area (TPSA) is 99.2 Å². The average Bonchev–Trinajstić information content (AvgIpc) is 3.42. The van der Waals surface area contributed by atoms with Crippen LogP contribution in [0.5, 0.6) is 0 Å². The minimum atomic E-state index is -3.93. The van der Waals surface area contributed by atoms with Gasteiger partial charge in [0.05, 0.1) is 12.5 Å². The molecule has 0 aromatic rings. The van der Waals surface area contributed by atoms with Crippen LogP contribution < -0.4 is 0 Å². The van der Waals surface area contributed by atoms with Crippen molar-refractivity contribution < 1.29 is 31.7 Å².